The Bertz CT molecular complexity index is 650. The number of pyridine rings is 1. The fourth-order valence-corrected chi connectivity index (χ4v) is 4.07. The molecule has 0 aliphatic carbocycles. The topological polar surface area (TPSA) is 71.5 Å². The van der Waals surface area contributed by atoms with E-state index in [1.807, 2.05) is 19.1 Å². The molecule has 1 N–H and O–H groups in total. The molecular weight excluding hydrogens is 314 g/mol. The fraction of sp³-hybridized carbons (Fsp3) is 0.688. The molecule has 0 aromatic carbocycles. The Hall–Kier alpha value is -1.02. The number of nitrogens with one attached hydrogen (secondary N) is 1. The molecule has 128 valence electrons. The summed E-state index contributed by atoms with van der Waals surface area (Å²) < 4.78 is 31.0. The first-order valence-electron chi connectivity index (χ1n) is 8.12. The summed E-state index contributed by atoms with van der Waals surface area (Å²) in [6.07, 6.45) is 2.27. The van der Waals surface area contributed by atoms with Crippen molar-refractivity contribution in [3.8, 4) is 0 Å². The lowest BCUT2D eigenvalue weighted by molar-refractivity contribution is 0.0773. The third kappa shape index (κ3) is 4.50. The van der Waals surface area contributed by atoms with Crippen LogP contribution in [0.1, 0.15) is 17.8 Å². The quantitative estimate of drug-likeness (QED) is 0.858. The molecule has 7 heteroatoms. The highest BCUT2D eigenvalue weighted by atomic mass is 32.2. The molecule has 2 saturated heterocycles. The SMILES string of the molecule is Cc1cccc(CN2CC[C@H]3CO[C@H](CNS(C)(=O)=O)[C@H]3C2)n1. The highest BCUT2D eigenvalue weighted by molar-refractivity contribution is 7.88. The van der Waals surface area contributed by atoms with Crippen molar-refractivity contribution in [2.75, 3.05) is 32.5 Å². The van der Waals surface area contributed by atoms with Gasteiger partial charge in [0.2, 0.25) is 10.0 Å². The normalized spacial score (nSPS) is 28.7. The van der Waals surface area contributed by atoms with E-state index < -0.39 is 10.0 Å². The van der Waals surface area contributed by atoms with Crippen molar-refractivity contribution in [2.24, 2.45) is 11.8 Å². The van der Waals surface area contributed by atoms with Gasteiger partial charge in [-0.05, 0) is 37.9 Å². The maximum absolute atomic E-state index is 11.3. The first-order chi connectivity index (χ1) is 10.9. The predicted octanol–water partition coefficient (Wildman–Crippen LogP) is 0.776. The molecule has 0 radical (unpaired) electrons. The highest BCUT2D eigenvalue weighted by Crippen LogP contribution is 2.34. The molecule has 0 amide bonds. The molecule has 3 atom stereocenters. The van der Waals surface area contributed by atoms with Crippen molar-refractivity contribution in [3.63, 3.8) is 0 Å². The minimum absolute atomic E-state index is 0.0250. The largest absolute Gasteiger partial charge is 0.376 e. The molecule has 1 aromatic rings. The van der Waals surface area contributed by atoms with Gasteiger partial charge in [-0.1, -0.05) is 6.07 Å². The molecule has 0 bridgehead atoms. The van der Waals surface area contributed by atoms with Crippen molar-refractivity contribution in [2.45, 2.75) is 26.0 Å². The van der Waals surface area contributed by atoms with Crippen LogP contribution in [0.2, 0.25) is 0 Å². The maximum Gasteiger partial charge on any atom is 0.208 e. The standard InChI is InChI=1S/C16H25N3O3S/c1-12-4-3-5-14(18-12)9-19-7-6-13-11-22-16(15(13)10-19)8-17-23(2,20)21/h3-5,13,15-17H,6-11H2,1-2H3/t13-,15-,16+/m0/s1. The monoisotopic (exact) mass is 339 g/mol. The number of hydrogen-bond acceptors (Lipinski definition) is 5. The van der Waals surface area contributed by atoms with E-state index in [1.54, 1.807) is 0 Å². The Labute approximate surface area is 138 Å². The van der Waals surface area contributed by atoms with Gasteiger partial charge in [0, 0.05) is 31.2 Å². The van der Waals surface area contributed by atoms with E-state index in [2.05, 4.69) is 20.7 Å². The van der Waals surface area contributed by atoms with Crippen LogP contribution in [0, 0.1) is 18.8 Å². The lowest BCUT2D eigenvalue weighted by Gasteiger charge is -2.35. The lowest BCUT2D eigenvalue weighted by Crippen LogP contribution is -2.45. The Morgan fingerprint density at radius 2 is 2.26 bits per heavy atom. The smallest absolute Gasteiger partial charge is 0.208 e. The van der Waals surface area contributed by atoms with Gasteiger partial charge < -0.3 is 4.74 Å². The molecule has 3 rings (SSSR count). The van der Waals surface area contributed by atoms with Crippen LogP contribution >= 0.6 is 0 Å². The zero-order chi connectivity index (χ0) is 16.4. The highest BCUT2D eigenvalue weighted by Gasteiger charge is 2.40. The molecule has 6 nitrogen and oxygen atoms in total. The number of piperidine rings is 1. The Morgan fingerprint density at radius 1 is 1.43 bits per heavy atom. The number of nitrogens with zero attached hydrogens (tertiary/aromatic N) is 2. The average molecular weight is 339 g/mol. The van der Waals surface area contributed by atoms with E-state index in [9.17, 15) is 8.42 Å². The van der Waals surface area contributed by atoms with Crippen molar-refractivity contribution < 1.29 is 13.2 Å². The zero-order valence-corrected chi connectivity index (χ0v) is 14.6. The van der Waals surface area contributed by atoms with Gasteiger partial charge in [0.15, 0.2) is 0 Å². The fourth-order valence-electron chi connectivity index (χ4n) is 3.60. The first kappa shape index (κ1) is 16.8. The van der Waals surface area contributed by atoms with Crippen LogP contribution < -0.4 is 4.72 Å². The van der Waals surface area contributed by atoms with Crippen LogP contribution in [-0.2, 0) is 21.3 Å². The van der Waals surface area contributed by atoms with Gasteiger partial charge in [0.1, 0.15) is 0 Å². The minimum atomic E-state index is -3.17. The molecule has 0 spiro atoms. The Kier molecular flexibility index (Phi) is 5.01. The number of ether oxygens (including phenoxy) is 1. The van der Waals surface area contributed by atoms with Crippen LogP contribution in [0.5, 0.6) is 0 Å². The summed E-state index contributed by atoms with van der Waals surface area (Å²) in [5.74, 6) is 0.936. The van der Waals surface area contributed by atoms with E-state index in [0.29, 0.717) is 18.4 Å². The number of hydrogen-bond donors (Lipinski definition) is 1. The molecule has 2 aliphatic rings. The molecule has 23 heavy (non-hydrogen) atoms. The third-order valence-corrected chi connectivity index (χ3v) is 5.46. The van der Waals surface area contributed by atoms with Crippen LogP contribution in [-0.4, -0.2) is 56.9 Å². The molecule has 0 unspecified atom stereocenters. The summed E-state index contributed by atoms with van der Waals surface area (Å²) in [4.78, 5) is 6.98. The van der Waals surface area contributed by atoms with Gasteiger partial charge in [-0.2, -0.15) is 0 Å². The average Bonchev–Trinajstić information content (AvgIpc) is 2.87. The summed E-state index contributed by atoms with van der Waals surface area (Å²) in [5, 5.41) is 0. The van der Waals surface area contributed by atoms with Crippen molar-refractivity contribution in [3.05, 3.63) is 29.6 Å². The molecular formula is C16H25N3O3S. The molecule has 1 aromatic heterocycles. The number of rotatable bonds is 5. The maximum atomic E-state index is 11.3. The number of sulfonamides is 1. The minimum Gasteiger partial charge on any atom is -0.376 e. The second kappa shape index (κ2) is 6.84. The number of likely N-dealkylation sites (tertiary alicyclic amines) is 1. The molecule has 2 aliphatic heterocycles. The number of aromatic nitrogens is 1. The molecule has 3 heterocycles. The summed E-state index contributed by atoms with van der Waals surface area (Å²) in [6, 6.07) is 6.11. The third-order valence-electron chi connectivity index (χ3n) is 4.77. The van der Waals surface area contributed by atoms with Crippen LogP contribution in [0.3, 0.4) is 0 Å². The Balaban J connectivity index is 1.60. The lowest BCUT2D eigenvalue weighted by atomic mass is 9.84. The zero-order valence-electron chi connectivity index (χ0n) is 13.7. The van der Waals surface area contributed by atoms with E-state index in [-0.39, 0.29) is 6.10 Å². The molecule has 2 fully saturated rings. The van der Waals surface area contributed by atoms with E-state index in [0.717, 1.165) is 44.0 Å². The van der Waals surface area contributed by atoms with Crippen molar-refractivity contribution >= 4 is 10.0 Å². The Morgan fingerprint density at radius 3 is 3.00 bits per heavy atom. The molecule has 0 saturated carbocycles. The second-order valence-corrected chi connectivity index (χ2v) is 8.54. The van der Waals surface area contributed by atoms with Gasteiger partial charge in [-0.25, -0.2) is 13.1 Å². The van der Waals surface area contributed by atoms with E-state index in [1.165, 1.54) is 6.26 Å². The van der Waals surface area contributed by atoms with Crippen LogP contribution in [0.15, 0.2) is 18.2 Å². The van der Waals surface area contributed by atoms with Gasteiger partial charge in [-0.3, -0.25) is 9.88 Å². The number of aryl methyl sites for hydroxylation is 1. The van der Waals surface area contributed by atoms with Crippen LogP contribution in [0.4, 0.5) is 0 Å². The van der Waals surface area contributed by atoms with Gasteiger partial charge in [0.25, 0.3) is 0 Å². The van der Waals surface area contributed by atoms with Gasteiger partial charge >= 0.3 is 0 Å². The van der Waals surface area contributed by atoms with Gasteiger partial charge in [-0.15, -0.1) is 0 Å². The van der Waals surface area contributed by atoms with Crippen molar-refractivity contribution in [1.82, 2.24) is 14.6 Å². The van der Waals surface area contributed by atoms with Gasteiger partial charge in [0.05, 0.1) is 24.7 Å². The summed E-state index contributed by atoms with van der Waals surface area (Å²) in [6.45, 7) is 5.96. The van der Waals surface area contributed by atoms with Crippen LogP contribution in [0.25, 0.3) is 0 Å². The predicted molar refractivity (Wildman–Crippen MR) is 88.4 cm³/mol. The van der Waals surface area contributed by atoms with E-state index in [4.69, 9.17) is 4.74 Å². The first-order valence-corrected chi connectivity index (χ1v) is 10.0. The summed E-state index contributed by atoms with van der Waals surface area (Å²) in [5.41, 5.74) is 2.13. The second-order valence-electron chi connectivity index (χ2n) is 6.71. The van der Waals surface area contributed by atoms with Crippen molar-refractivity contribution in [1.29, 1.82) is 0 Å². The summed E-state index contributed by atoms with van der Waals surface area (Å²) in [7, 11) is -3.17. The summed E-state index contributed by atoms with van der Waals surface area (Å²) >= 11 is 0. The van der Waals surface area contributed by atoms with E-state index >= 15 is 0 Å². The number of fused-ring (bicyclic) bond motifs is 1.